The van der Waals surface area contributed by atoms with E-state index in [2.05, 4.69) is 29.7 Å². The number of amides is 1. The van der Waals surface area contributed by atoms with Crippen LogP contribution in [0.2, 0.25) is 0 Å². The smallest absolute Gasteiger partial charge is 0.291 e. The Morgan fingerprint density at radius 3 is 2.28 bits per heavy atom. The molecule has 1 aliphatic heterocycles. The van der Waals surface area contributed by atoms with Crippen LogP contribution in [0.3, 0.4) is 0 Å². The molecule has 2 heterocycles. The van der Waals surface area contributed by atoms with Crippen LogP contribution in [0.15, 0.2) is 70.0 Å². The maximum Gasteiger partial charge on any atom is 0.291 e. The van der Waals surface area contributed by atoms with Gasteiger partial charge in [-0.1, -0.05) is 30.3 Å². The van der Waals surface area contributed by atoms with Gasteiger partial charge < -0.3 is 15.1 Å². The van der Waals surface area contributed by atoms with E-state index in [-0.39, 0.29) is 22.5 Å². The first kappa shape index (κ1) is 22.1. The van der Waals surface area contributed by atoms with Crippen molar-refractivity contribution in [2.24, 2.45) is 0 Å². The first-order valence-electron chi connectivity index (χ1n) is 10.7. The number of benzene rings is 2. The molecule has 2 N–H and O–H groups in total. The van der Waals surface area contributed by atoms with Crippen LogP contribution < -0.4 is 10.6 Å². The summed E-state index contributed by atoms with van der Waals surface area (Å²) in [5.74, 6) is -0.300. The molecule has 4 rings (SSSR count). The quantitative estimate of drug-likeness (QED) is 0.536. The lowest BCUT2D eigenvalue weighted by atomic mass is 10.1. The molecule has 2 aromatic carbocycles. The van der Waals surface area contributed by atoms with Crippen LogP contribution in [0.1, 0.15) is 47.7 Å². The minimum Gasteiger partial charge on any atom is -0.455 e. The van der Waals surface area contributed by atoms with Crippen molar-refractivity contribution in [3.8, 4) is 0 Å². The molecule has 1 unspecified atom stereocenters. The van der Waals surface area contributed by atoms with Crippen LogP contribution in [0.25, 0.3) is 0 Å². The summed E-state index contributed by atoms with van der Waals surface area (Å²) in [4.78, 5) is 12.7. The summed E-state index contributed by atoms with van der Waals surface area (Å²) in [6, 6.07) is 18.9. The van der Waals surface area contributed by atoms with E-state index in [4.69, 9.17) is 4.42 Å². The molecule has 3 aromatic rings. The van der Waals surface area contributed by atoms with E-state index >= 15 is 0 Å². The van der Waals surface area contributed by atoms with Gasteiger partial charge in [-0.3, -0.25) is 4.79 Å². The Balaban J connectivity index is 1.42. The normalized spacial score (nSPS) is 15.4. The Bertz CT molecular complexity index is 1180. The maximum atomic E-state index is 12.8. The number of carbonyl (C=O) groups excluding carboxylic acids is 1. The van der Waals surface area contributed by atoms with Crippen molar-refractivity contribution in [3.63, 3.8) is 0 Å². The number of sulfonamides is 1. The number of aryl methyl sites for hydroxylation is 1. The molecule has 0 radical (unpaired) electrons. The molecule has 1 amide bonds. The van der Waals surface area contributed by atoms with Gasteiger partial charge in [-0.2, -0.15) is 4.31 Å². The first-order chi connectivity index (χ1) is 15.3. The highest BCUT2D eigenvalue weighted by Gasteiger charge is 2.31. The molecular formula is C24H27N3O4S. The Morgan fingerprint density at radius 1 is 1.00 bits per heavy atom. The van der Waals surface area contributed by atoms with Crippen molar-refractivity contribution in [1.29, 1.82) is 0 Å². The minimum atomic E-state index is -3.64. The van der Waals surface area contributed by atoms with Crippen molar-refractivity contribution in [3.05, 3.63) is 77.7 Å². The molecule has 1 fully saturated rings. The summed E-state index contributed by atoms with van der Waals surface area (Å²) >= 11 is 0. The average Bonchev–Trinajstić information content (AvgIpc) is 3.46. The Labute approximate surface area is 188 Å². The lowest BCUT2D eigenvalue weighted by Gasteiger charge is -2.16. The van der Waals surface area contributed by atoms with E-state index in [1.807, 2.05) is 30.3 Å². The molecular weight excluding hydrogens is 426 g/mol. The number of hydrogen-bond donors (Lipinski definition) is 2. The summed E-state index contributed by atoms with van der Waals surface area (Å²) in [5.41, 5.74) is 2.69. The zero-order chi connectivity index (χ0) is 22.7. The fourth-order valence-corrected chi connectivity index (χ4v) is 5.50. The van der Waals surface area contributed by atoms with Crippen molar-refractivity contribution in [2.75, 3.05) is 23.7 Å². The van der Waals surface area contributed by atoms with Gasteiger partial charge in [-0.25, -0.2) is 8.42 Å². The Kier molecular flexibility index (Phi) is 6.34. The molecule has 1 aliphatic rings. The second-order valence-corrected chi connectivity index (χ2v) is 9.86. The van der Waals surface area contributed by atoms with E-state index in [0.29, 0.717) is 18.8 Å². The van der Waals surface area contributed by atoms with Crippen LogP contribution in [0.4, 0.5) is 11.4 Å². The standard InChI is InChI=1S/C24H27N3O4S/c1-17(19-8-4-3-5-9-19)25-20-10-12-21(13-11-20)26-24(28)22-16-23(18(2)31-22)32(29,30)27-14-6-7-15-27/h3-5,8-13,16-17,25H,6-7,14-15H2,1-2H3,(H,26,28). The van der Waals surface area contributed by atoms with Gasteiger partial charge in [0.15, 0.2) is 5.76 Å². The topological polar surface area (TPSA) is 91.6 Å². The summed E-state index contributed by atoms with van der Waals surface area (Å²) < 4.78 is 32.5. The van der Waals surface area contributed by atoms with Crippen LogP contribution in [-0.4, -0.2) is 31.7 Å². The number of anilines is 2. The van der Waals surface area contributed by atoms with Gasteiger partial charge >= 0.3 is 0 Å². The van der Waals surface area contributed by atoms with Crippen LogP contribution in [0.5, 0.6) is 0 Å². The number of nitrogens with zero attached hydrogens (tertiary/aromatic N) is 1. The summed E-state index contributed by atoms with van der Waals surface area (Å²) in [6.45, 7) is 4.64. The predicted octanol–water partition coefficient (Wildman–Crippen LogP) is 4.80. The van der Waals surface area contributed by atoms with E-state index in [9.17, 15) is 13.2 Å². The maximum absolute atomic E-state index is 12.8. The van der Waals surface area contributed by atoms with Crippen molar-refractivity contribution in [2.45, 2.75) is 37.6 Å². The molecule has 0 saturated carbocycles. The third-order valence-electron chi connectivity index (χ3n) is 5.60. The first-order valence-corrected chi connectivity index (χ1v) is 12.1. The van der Waals surface area contributed by atoms with Crippen LogP contribution in [-0.2, 0) is 10.0 Å². The Morgan fingerprint density at radius 2 is 1.62 bits per heavy atom. The molecule has 1 aromatic heterocycles. The van der Waals surface area contributed by atoms with Gasteiger partial charge in [0.05, 0.1) is 0 Å². The fraction of sp³-hybridized carbons (Fsp3) is 0.292. The highest BCUT2D eigenvalue weighted by atomic mass is 32.2. The molecule has 0 spiro atoms. The third kappa shape index (κ3) is 4.71. The monoisotopic (exact) mass is 453 g/mol. The van der Waals surface area contributed by atoms with Gasteiger partial charge in [-0.15, -0.1) is 0 Å². The number of carbonyl (C=O) groups is 1. The van der Waals surface area contributed by atoms with E-state index in [1.165, 1.54) is 15.9 Å². The number of hydrogen-bond acceptors (Lipinski definition) is 5. The van der Waals surface area contributed by atoms with E-state index < -0.39 is 15.9 Å². The number of furan rings is 1. The lowest BCUT2D eigenvalue weighted by molar-refractivity contribution is 0.0995. The third-order valence-corrected chi connectivity index (χ3v) is 7.61. The van der Waals surface area contributed by atoms with Crippen molar-refractivity contribution < 1.29 is 17.6 Å². The average molecular weight is 454 g/mol. The summed E-state index contributed by atoms with van der Waals surface area (Å²) in [5, 5.41) is 6.19. The molecule has 0 bridgehead atoms. The molecule has 1 saturated heterocycles. The lowest BCUT2D eigenvalue weighted by Crippen LogP contribution is -2.28. The molecule has 32 heavy (non-hydrogen) atoms. The SMILES string of the molecule is Cc1oc(C(=O)Nc2ccc(NC(C)c3ccccc3)cc2)cc1S(=O)(=O)N1CCCC1. The Hall–Kier alpha value is -3.10. The second-order valence-electron chi connectivity index (χ2n) is 7.95. The zero-order valence-electron chi connectivity index (χ0n) is 18.2. The summed E-state index contributed by atoms with van der Waals surface area (Å²) in [6.07, 6.45) is 1.69. The molecule has 1 atom stereocenters. The van der Waals surface area contributed by atoms with Gasteiger partial charge in [0.1, 0.15) is 10.7 Å². The molecule has 7 nitrogen and oxygen atoms in total. The van der Waals surface area contributed by atoms with Gasteiger partial charge in [0.2, 0.25) is 10.0 Å². The van der Waals surface area contributed by atoms with Crippen molar-refractivity contribution >= 4 is 27.3 Å². The molecule has 8 heteroatoms. The van der Waals surface area contributed by atoms with Crippen LogP contribution in [0, 0.1) is 6.92 Å². The highest BCUT2D eigenvalue weighted by molar-refractivity contribution is 7.89. The summed E-state index contributed by atoms with van der Waals surface area (Å²) in [7, 11) is -3.64. The predicted molar refractivity (Wildman–Crippen MR) is 124 cm³/mol. The van der Waals surface area contributed by atoms with E-state index in [0.717, 1.165) is 18.5 Å². The van der Waals surface area contributed by atoms with Gasteiger partial charge in [0.25, 0.3) is 5.91 Å². The molecule has 168 valence electrons. The van der Waals surface area contributed by atoms with Crippen molar-refractivity contribution in [1.82, 2.24) is 4.31 Å². The zero-order valence-corrected chi connectivity index (χ0v) is 19.0. The van der Waals surface area contributed by atoms with Crippen LogP contribution >= 0.6 is 0 Å². The largest absolute Gasteiger partial charge is 0.455 e. The minimum absolute atomic E-state index is 0.0276. The number of rotatable bonds is 7. The fourth-order valence-electron chi connectivity index (χ4n) is 3.82. The van der Waals surface area contributed by atoms with E-state index in [1.54, 1.807) is 19.1 Å². The second kappa shape index (κ2) is 9.18. The number of nitrogens with one attached hydrogen (secondary N) is 2. The van der Waals surface area contributed by atoms with Gasteiger partial charge in [-0.05, 0) is 56.5 Å². The highest BCUT2D eigenvalue weighted by Crippen LogP contribution is 2.27. The molecule has 0 aliphatic carbocycles. The van der Waals surface area contributed by atoms with Gasteiger partial charge in [0, 0.05) is 36.6 Å².